The number of ether oxygens (including phenoxy) is 1. The number of rotatable bonds is 7. The van der Waals surface area contributed by atoms with Gasteiger partial charge in [0.15, 0.2) is 6.19 Å². The lowest BCUT2D eigenvalue weighted by molar-refractivity contribution is -0.0954. The van der Waals surface area contributed by atoms with Crippen molar-refractivity contribution in [3.8, 4) is 11.9 Å². The third kappa shape index (κ3) is 4.08. The summed E-state index contributed by atoms with van der Waals surface area (Å²) < 4.78 is 5.71. The zero-order valence-corrected chi connectivity index (χ0v) is 17.9. The molecule has 0 heterocycles. The van der Waals surface area contributed by atoms with Crippen LogP contribution in [0.3, 0.4) is 0 Å². The molecule has 0 aliphatic heterocycles. The van der Waals surface area contributed by atoms with Gasteiger partial charge in [-0.05, 0) is 79.9 Å². The summed E-state index contributed by atoms with van der Waals surface area (Å²) in [6.45, 7) is 0.623. The predicted octanol–water partition coefficient (Wildman–Crippen LogP) is 4.96. The van der Waals surface area contributed by atoms with Gasteiger partial charge in [-0.3, -0.25) is 10.3 Å². The zero-order chi connectivity index (χ0) is 20.5. The minimum Gasteiger partial charge on any atom is -0.492 e. The van der Waals surface area contributed by atoms with Crippen LogP contribution < -0.4 is 4.74 Å². The van der Waals surface area contributed by atoms with E-state index in [1.165, 1.54) is 12.8 Å². The fourth-order valence-corrected chi connectivity index (χ4v) is 6.60. The molecule has 4 aliphatic carbocycles. The standard InChI is InChI=1S/C22H27Cl2N3O2/c23-16-3-4-20(19(24)10-16)29-5-1-2-21(26)27(12-25)22-15-7-13-6-14(9-15)18(11-28)17(22)8-13/h3-4,10,13-15,17-18,22,26,28H,1-2,5-9,11H2. The van der Waals surface area contributed by atoms with Crippen LogP contribution >= 0.6 is 23.2 Å². The number of halogens is 2. The molecule has 0 spiro atoms. The first kappa shape index (κ1) is 20.8. The maximum atomic E-state index is 9.94. The van der Waals surface area contributed by atoms with Crippen LogP contribution in [0, 0.1) is 46.5 Å². The number of hydrogen-bond donors (Lipinski definition) is 2. The number of amidine groups is 1. The molecule has 5 nitrogen and oxygen atoms in total. The van der Waals surface area contributed by atoms with Crippen molar-refractivity contribution < 1.29 is 9.84 Å². The van der Waals surface area contributed by atoms with Gasteiger partial charge < -0.3 is 9.84 Å². The van der Waals surface area contributed by atoms with Crippen molar-refractivity contribution in [3.63, 3.8) is 0 Å². The first-order valence-electron chi connectivity index (χ1n) is 10.5. The summed E-state index contributed by atoms with van der Waals surface area (Å²) in [6.07, 6.45) is 7.99. The maximum Gasteiger partial charge on any atom is 0.185 e. The second-order valence-electron chi connectivity index (χ2n) is 8.77. The van der Waals surface area contributed by atoms with Crippen molar-refractivity contribution in [2.75, 3.05) is 13.2 Å². The zero-order valence-electron chi connectivity index (χ0n) is 16.4. The first-order valence-corrected chi connectivity index (χ1v) is 11.2. The molecule has 0 saturated heterocycles. The molecule has 4 saturated carbocycles. The molecule has 4 fully saturated rings. The highest BCUT2D eigenvalue weighted by molar-refractivity contribution is 6.35. The lowest BCUT2D eigenvalue weighted by Crippen LogP contribution is -2.60. The molecule has 7 heteroatoms. The Balaban J connectivity index is 1.34. The Bertz CT molecular complexity index is 812. The molecule has 4 bridgehead atoms. The molecule has 6 atom stereocenters. The highest BCUT2D eigenvalue weighted by atomic mass is 35.5. The van der Waals surface area contributed by atoms with Crippen LogP contribution in [0.5, 0.6) is 5.75 Å². The van der Waals surface area contributed by atoms with Crippen LogP contribution in [0.1, 0.15) is 38.5 Å². The predicted molar refractivity (Wildman–Crippen MR) is 113 cm³/mol. The van der Waals surface area contributed by atoms with Crippen molar-refractivity contribution in [3.05, 3.63) is 28.2 Å². The van der Waals surface area contributed by atoms with Crippen LogP contribution in [-0.4, -0.2) is 35.1 Å². The van der Waals surface area contributed by atoms with E-state index in [0.29, 0.717) is 58.8 Å². The number of hydrogen-bond acceptors (Lipinski definition) is 4. The van der Waals surface area contributed by atoms with Crippen molar-refractivity contribution in [1.82, 2.24) is 4.90 Å². The van der Waals surface area contributed by atoms with Crippen LogP contribution in [0.15, 0.2) is 18.2 Å². The minimum absolute atomic E-state index is 0.0732. The van der Waals surface area contributed by atoms with Crippen molar-refractivity contribution >= 4 is 29.0 Å². The van der Waals surface area contributed by atoms with E-state index in [9.17, 15) is 10.4 Å². The van der Waals surface area contributed by atoms with Gasteiger partial charge in [-0.15, -0.1) is 0 Å². The summed E-state index contributed by atoms with van der Waals surface area (Å²) in [4.78, 5) is 1.64. The van der Waals surface area contributed by atoms with Crippen LogP contribution in [0.4, 0.5) is 0 Å². The molecular weight excluding hydrogens is 409 g/mol. The number of aliphatic hydroxyl groups excluding tert-OH is 1. The normalized spacial score (nSPS) is 32.1. The van der Waals surface area contributed by atoms with Gasteiger partial charge in [-0.1, -0.05) is 23.2 Å². The van der Waals surface area contributed by atoms with Crippen molar-refractivity contribution in [2.45, 2.75) is 44.6 Å². The Labute approximate surface area is 182 Å². The topological polar surface area (TPSA) is 80.3 Å². The Morgan fingerprint density at radius 2 is 2.03 bits per heavy atom. The summed E-state index contributed by atoms with van der Waals surface area (Å²) >= 11 is 12.0. The van der Waals surface area contributed by atoms with Crippen LogP contribution in [0.25, 0.3) is 0 Å². The molecule has 29 heavy (non-hydrogen) atoms. The van der Waals surface area contributed by atoms with Gasteiger partial charge >= 0.3 is 0 Å². The molecule has 0 amide bonds. The van der Waals surface area contributed by atoms with E-state index in [0.717, 1.165) is 18.8 Å². The van der Waals surface area contributed by atoms with Gasteiger partial charge in [0, 0.05) is 18.1 Å². The van der Waals surface area contributed by atoms with E-state index in [1.54, 1.807) is 23.1 Å². The highest BCUT2D eigenvalue weighted by Gasteiger charge is 2.55. The second kappa shape index (κ2) is 8.71. The van der Waals surface area contributed by atoms with Gasteiger partial charge in [-0.25, -0.2) is 0 Å². The second-order valence-corrected chi connectivity index (χ2v) is 9.62. The van der Waals surface area contributed by atoms with Gasteiger partial charge in [0.2, 0.25) is 0 Å². The molecule has 1 aromatic rings. The van der Waals surface area contributed by atoms with Gasteiger partial charge in [0.1, 0.15) is 11.6 Å². The van der Waals surface area contributed by atoms with Crippen LogP contribution in [0.2, 0.25) is 10.0 Å². The number of benzene rings is 1. The summed E-state index contributed by atoms with van der Waals surface area (Å²) in [7, 11) is 0. The SMILES string of the molecule is N#CN(C(=N)CCCOc1ccc(Cl)cc1Cl)C1C2CC3CC(C2)C(CO)C1C3. The average molecular weight is 436 g/mol. The van der Waals surface area contributed by atoms with E-state index < -0.39 is 0 Å². The largest absolute Gasteiger partial charge is 0.492 e. The van der Waals surface area contributed by atoms with Crippen LogP contribution in [-0.2, 0) is 0 Å². The van der Waals surface area contributed by atoms with E-state index in [2.05, 4.69) is 6.19 Å². The van der Waals surface area contributed by atoms with Gasteiger partial charge in [0.05, 0.1) is 17.7 Å². The Morgan fingerprint density at radius 1 is 1.24 bits per heavy atom. The molecule has 0 radical (unpaired) electrons. The lowest BCUT2D eigenvalue weighted by atomic mass is 9.49. The molecule has 2 N–H and O–H groups in total. The number of nitrogens with zero attached hydrogens (tertiary/aromatic N) is 2. The van der Waals surface area contributed by atoms with Gasteiger partial charge in [-0.2, -0.15) is 5.26 Å². The number of nitrogens with one attached hydrogen (secondary N) is 1. The monoisotopic (exact) mass is 435 g/mol. The quantitative estimate of drug-likeness (QED) is 0.208. The molecular formula is C22H27Cl2N3O2. The molecule has 6 unspecified atom stereocenters. The Kier molecular flexibility index (Phi) is 6.24. The smallest absolute Gasteiger partial charge is 0.185 e. The summed E-state index contributed by atoms with van der Waals surface area (Å²) in [5.41, 5.74) is 0. The minimum atomic E-state index is 0.0732. The molecule has 1 aromatic carbocycles. The Hall–Kier alpha value is -1.48. The summed E-state index contributed by atoms with van der Waals surface area (Å²) in [5, 5.41) is 29.4. The van der Waals surface area contributed by atoms with E-state index >= 15 is 0 Å². The summed E-state index contributed by atoms with van der Waals surface area (Å²) in [5.74, 6) is 3.37. The molecule has 5 rings (SSSR count). The van der Waals surface area contributed by atoms with Crippen molar-refractivity contribution in [2.24, 2.45) is 29.6 Å². The van der Waals surface area contributed by atoms with E-state index in [1.807, 2.05) is 0 Å². The average Bonchev–Trinajstić information content (AvgIpc) is 2.69. The first-order chi connectivity index (χ1) is 14.0. The molecule has 156 valence electrons. The highest BCUT2D eigenvalue weighted by Crippen LogP contribution is 2.57. The summed E-state index contributed by atoms with van der Waals surface area (Å²) in [6, 6.07) is 5.18. The van der Waals surface area contributed by atoms with E-state index in [-0.39, 0.29) is 18.6 Å². The van der Waals surface area contributed by atoms with Gasteiger partial charge in [0.25, 0.3) is 0 Å². The Morgan fingerprint density at radius 3 is 2.76 bits per heavy atom. The third-order valence-corrected chi connectivity index (χ3v) is 7.71. The fraction of sp³-hybridized carbons (Fsp3) is 0.636. The lowest BCUT2D eigenvalue weighted by Gasteiger charge is -2.59. The number of nitriles is 1. The fourth-order valence-electron chi connectivity index (χ4n) is 6.13. The molecule has 0 aromatic heterocycles. The van der Waals surface area contributed by atoms with E-state index in [4.69, 9.17) is 33.3 Å². The third-order valence-electron chi connectivity index (χ3n) is 7.18. The number of aliphatic hydroxyl groups is 1. The molecule has 4 aliphatic rings. The maximum absolute atomic E-state index is 9.94. The van der Waals surface area contributed by atoms with Crippen molar-refractivity contribution in [1.29, 1.82) is 10.7 Å².